The zero-order chi connectivity index (χ0) is 16.5. The van der Waals surface area contributed by atoms with Crippen LogP contribution in [0.2, 0.25) is 0 Å². The summed E-state index contributed by atoms with van der Waals surface area (Å²) in [4.78, 5) is 7.46. The van der Waals surface area contributed by atoms with Crippen molar-refractivity contribution in [1.29, 1.82) is 0 Å². The van der Waals surface area contributed by atoms with E-state index in [-0.39, 0.29) is 11.0 Å². The molecule has 2 aromatic heterocycles. The van der Waals surface area contributed by atoms with Crippen molar-refractivity contribution in [3.63, 3.8) is 0 Å². The first-order valence-electron chi connectivity index (χ1n) is 7.24. The summed E-state index contributed by atoms with van der Waals surface area (Å²) in [6.07, 6.45) is 0. The molecule has 0 spiro atoms. The molecule has 0 fully saturated rings. The van der Waals surface area contributed by atoms with Gasteiger partial charge in [0.2, 0.25) is 0 Å². The molecule has 0 atom stereocenters. The minimum Gasteiger partial charge on any atom is -0.212 e. The highest BCUT2D eigenvalue weighted by molar-refractivity contribution is 5.96. The molecule has 4 aromatic rings. The summed E-state index contributed by atoms with van der Waals surface area (Å²) in [5.74, 6) is -2.52. The summed E-state index contributed by atoms with van der Waals surface area (Å²) in [5.41, 5.74) is 2.47. The number of benzene rings is 2. The molecule has 0 aliphatic heterocycles. The molecule has 0 unspecified atom stereocenters. The van der Waals surface area contributed by atoms with Crippen LogP contribution < -0.4 is 0 Å². The minimum absolute atomic E-state index is 0.175. The Labute approximate surface area is 135 Å². The Kier molecular flexibility index (Phi) is 3.42. The number of nitrogens with zero attached hydrogens (tertiary/aromatic N) is 4. The smallest absolute Gasteiger partial charge is 0.212 e. The van der Waals surface area contributed by atoms with E-state index in [4.69, 9.17) is 0 Å². The third-order valence-electron chi connectivity index (χ3n) is 3.61. The van der Waals surface area contributed by atoms with Crippen LogP contribution >= 0.6 is 0 Å². The highest BCUT2D eigenvalue weighted by Crippen LogP contribution is 2.30. The summed E-state index contributed by atoms with van der Waals surface area (Å²) >= 11 is 0. The molecule has 116 valence electrons. The van der Waals surface area contributed by atoms with Gasteiger partial charge in [0, 0.05) is 11.1 Å². The van der Waals surface area contributed by atoms with Gasteiger partial charge in [-0.15, -0.1) is 10.2 Å². The maximum atomic E-state index is 13.7. The van der Waals surface area contributed by atoms with Crippen molar-refractivity contribution < 1.29 is 8.78 Å². The van der Waals surface area contributed by atoms with Crippen LogP contribution in [0.4, 0.5) is 8.78 Å². The van der Waals surface area contributed by atoms with E-state index in [0.717, 1.165) is 0 Å². The van der Waals surface area contributed by atoms with Crippen LogP contribution in [0.25, 0.3) is 33.5 Å². The van der Waals surface area contributed by atoms with E-state index in [9.17, 15) is 8.78 Å². The fourth-order valence-electron chi connectivity index (χ4n) is 2.50. The maximum absolute atomic E-state index is 13.7. The lowest BCUT2D eigenvalue weighted by Gasteiger charge is -2.08. The number of hydrogen-bond acceptors (Lipinski definition) is 4. The summed E-state index contributed by atoms with van der Waals surface area (Å²) in [6.45, 7) is 0. The quantitative estimate of drug-likeness (QED) is 0.559. The Morgan fingerprint density at radius 3 is 1.29 bits per heavy atom. The molecule has 0 saturated heterocycles. The van der Waals surface area contributed by atoms with Gasteiger partial charge in [-0.3, -0.25) is 0 Å². The first-order valence-corrected chi connectivity index (χ1v) is 7.24. The molecule has 0 aliphatic rings. The average Bonchev–Trinajstić information content (AvgIpc) is 2.63. The third-order valence-corrected chi connectivity index (χ3v) is 3.61. The van der Waals surface area contributed by atoms with E-state index < -0.39 is 11.9 Å². The summed E-state index contributed by atoms with van der Waals surface area (Å²) in [7, 11) is 0. The second kappa shape index (κ2) is 5.73. The van der Waals surface area contributed by atoms with Gasteiger partial charge in [-0.05, 0) is 0 Å². The molecule has 0 N–H and O–H groups in total. The largest absolute Gasteiger partial charge is 0.269 e. The van der Waals surface area contributed by atoms with Gasteiger partial charge in [0.25, 0.3) is 11.9 Å². The fraction of sp³-hybridized carbons (Fsp3) is 0. The first kappa shape index (κ1) is 14.3. The molecule has 2 heterocycles. The number of hydrogen-bond donors (Lipinski definition) is 0. The number of rotatable bonds is 2. The van der Waals surface area contributed by atoms with Crippen molar-refractivity contribution in [3.8, 4) is 22.5 Å². The third kappa shape index (κ3) is 2.38. The SMILES string of the molecule is Fc1nc2c(-c3ccccc3)nnc(-c3ccccc3)c2nc1F. The Morgan fingerprint density at radius 2 is 0.917 bits per heavy atom. The van der Waals surface area contributed by atoms with Crippen LogP contribution in [0.1, 0.15) is 0 Å². The molecule has 6 heteroatoms. The molecule has 0 bridgehead atoms. The van der Waals surface area contributed by atoms with Crippen LogP contribution in [-0.4, -0.2) is 20.2 Å². The number of aromatic nitrogens is 4. The van der Waals surface area contributed by atoms with Crippen LogP contribution in [0.5, 0.6) is 0 Å². The second-order valence-corrected chi connectivity index (χ2v) is 5.13. The van der Waals surface area contributed by atoms with Gasteiger partial charge in [0.1, 0.15) is 22.4 Å². The topological polar surface area (TPSA) is 51.6 Å². The van der Waals surface area contributed by atoms with Gasteiger partial charge in [-0.1, -0.05) is 60.7 Å². The normalized spacial score (nSPS) is 10.9. The molecular formula is C18H10F2N4. The monoisotopic (exact) mass is 320 g/mol. The molecule has 4 nitrogen and oxygen atoms in total. The van der Waals surface area contributed by atoms with Crippen molar-refractivity contribution in [3.05, 3.63) is 72.6 Å². The van der Waals surface area contributed by atoms with Crippen molar-refractivity contribution in [1.82, 2.24) is 20.2 Å². The van der Waals surface area contributed by atoms with Gasteiger partial charge >= 0.3 is 0 Å². The summed E-state index contributed by atoms with van der Waals surface area (Å²) in [5, 5.41) is 8.37. The lowest BCUT2D eigenvalue weighted by molar-refractivity contribution is 0.459. The minimum atomic E-state index is -1.26. The molecule has 4 rings (SSSR count). The first-order chi connectivity index (χ1) is 11.7. The van der Waals surface area contributed by atoms with Gasteiger partial charge in [-0.2, -0.15) is 8.78 Å². The molecule has 0 aliphatic carbocycles. The molecule has 0 radical (unpaired) electrons. The van der Waals surface area contributed by atoms with Gasteiger partial charge < -0.3 is 0 Å². The highest BCUT2D eigenvalue weighted by Gasteiger charge is 2.18. The van der Waals surface area contributed by atoms with Crippen molar-refractivity contribution in [2.24, 2.45) is 0 Å². The molecule has 0 saturated carbocycles. The van der Waals surface area contributed by atoms with E-state index in [1.165, 1.54) is 0 Å². The standard InChI is InChI=1S/C18H10F2N4/c19-17-18(20)22-16-14(12-9-5-2-6-10-12)24-23-13(15(16)21-17)11-7-3-1-4-8-11/h1-10H. The Bertz CT molecular complexity index is 937. The predicted octanol–water partition coefficient (Wildman–Crippen LogP) is 4.03. The van der Waals surface area contributed by atoms with E-state index in [0.29, 0.717) is 22.5 Å². The molecule has 24 heavy (non-hydrogen) atoms. The highest BCUT2D eigenvalue weighted by atomic mass is 19.2. The number of halogens is 2. The van der Waals surface area contributed by atoms with Crippen LogP contribution in [-0.2, 0) is 0 Å². The lowest BCUT2D eigenvalue weighted by atomic mass is 10.1. The van der Waals surface area contributed by atoms with Crippen molar-refractivity contribution in [2.45, 2.75) is 0 Å². The zero-order valence-electron chi connectivity index (χ0n) is 12.3. The predicted molar refractivity (Wildman–Crippen MR) is 85.9 cm³/mol. The Balaban J connectivity index is 2.07. The van der Waals surface area contributed by atoms with E-state index in [1.54, 1.807) is 24.3 Å². The van der Waals surface area contributed by atoms with E-state index >= 15 is 0 Å². The van der Waals surface area contributed by atoms with Crippen LogP contribution in [0.15, 0.2) is 60.7 Å². The van der Waals surface area contributed by atoms with Crippen molar-refractivity contribution >= 4 is 11.0 Å². The maximum Gasteiger partial charge on any atom is 0.269 e. The Morgan fingerprint density at radius 1 is 0.542 bits per heavy atom. The summed E-state index contributed by atoms with van der Waals surface area (Å²) in [6, 6.07) is 18.2. The van der Waals surface area contributed by atoms with Crippen LogP contribution in [0.3, 0.4) is 0 Å². The van der Waals surface area contributed by atoms with E-state index in [1.807, 2.05) is 36.4 Å². The average molecular weight is 320 g/mol. The van der Waals surface area contributed by atoms with E-state index in [2.05, 4.69) is 20.2 Å². The fourth-order valence-corrected chi connectivity index (χ4v) is 2.50. The summed E-state index contributed by atoms with van der Waals surface area (Å²) < 4.78 is 27.4. The van der Waals surface area contributed by atoms with Gasteiger partial charge in [0.05, 0.1) is 0 Å². The van der Waals surface area contributed by atoms with Crippen molar-refractivity contribution in [2.75, 3.05) is 0 Å². The zero-order valence-corrected chi connectivity index (χ0v) is 12.3. The second-order valence-electron chi connectivity index (χ2n) is 5.13. The number of fused-ring (bicyclic) bond motifs is 1. The lowest BCUT2D eigenvalue weighted by Crippen LogP contribution is -2.03. The molecule has 2 aromatic carbocycles. The molecular weight excluding hydrogens is 310 g/mol. The molecule has 0 amide bonds. The van der Waals surface area contributed by atoms with Gasteiger partial charge in [0.15, 0.2) is 0 Å². The van der Waals surface area contributed by atoms with Crippen LogP contribution in [0, 0.1) is 11.9 Å². The Hall–Kier alpha value is -3.28. The van der Waals surface area contributed by atoms with Gasteiger partial charge in [-0.25, -0.2) is 9.97 Å².